The van der Waals surface area contributed by atoms with Crippen LogP contribution in [0.3, 0.4) is 0 Å². The summed E-state index contributed by atoms with van der Waals surface area (Å²) in [5, 5.41) is 0. The second-order valence-corrected chi connectivity index (χ2v) is 5.61. The first-order chi connectivity index (χ1) is 9.36. The number of carbonyl (C=O) groups excluding carboxylic acids is 1. The highest BCUT2D eigenvalue weighted by Crippen LogP contribution is 2.15. The molecule has 0 heterocycles. The molecule has 20 heavy (non-hydrogen) atoms. The SMILES string of the molecule is CCOC(=O)/C=C(\C)CC/C=C(\C)CCC(C)=C(C)C. The van der Waals surface area contributed by atoms with Crippen LogP contribution in [0.15, 0.2) is 34.4 Å². The van der Waals surface area contributed by atoms with Crippen LogP contribution in [0, 0.1) is 0 Å². The summed E-state index contributed by atoms with van der Waals surface area (Å²) >= 11 is 0. The first-order valence-corrected chi connectivity index (χ1v) is 7.49. The van der Waals surface area contributed by atoms with E-state index in [0.29, 0.717) is 6.61 Å². The van der Waals surface area contributed by atoms with Gasteiger partial charge in [-0.1, -0.05) is 28.4 Å². The van der Waals surface area contributed by atoms with Gasteiger partial charge in [-0.05, 0) is 67.2 Å². The van der Waals surface area contributed by atoms with E-state index in [4.69, 9.17) is 4.74 Å². The number of carbonyl (C=O) groups is 1. The fraction of sp³-hybridized carbons (Fsp3) is 0.611. The average Bonchev–Trinajstić information content (AvgIpc) is 2.35. The predicted octanol–water partition coefficient (Wildman–Crippen LogP) is 5.36. The van der Waals surface area contributed by atoms with Crippen LogP contribution >= 0.6 is 0 Å². The molecule has 114 valence electrons. The molecule has 0 aromatic carbocycles. The Hall–Kier alpha value is -1.31. The third-order valence-corrected chi connectivity index (χ3v) is 3.43. The lowest BCUT2D eigenvalue weighted by Crippen LogP contribution is -2.00. The maximum Gasteiger partial charge on any atom is 0.330 e. The van der Waals surface area contributed by atoms with E-state index in [1.807, 2.05) is 13.8 Å². The third-order valence-electron chi connectivity index (χ3n) is 3.43. The number of allylic oxidation sites excluding steroid dienone is 5. The van der Waals surface area contributed by atoms with Gasteiger partial charge in [-0.15, -0.1) is 0 Å². The number of ether oxygens (including phenoxy) is 1. The predicted molar refractivity (Wildman–Crippen MR) is 86.7 cm³/mol. The molecule has 0 unspecified atom stereocenters. The molecule has 0 rings (SSSR count). The van der Waals surface area contributed by atoms with Crippen LogP contribution in [0.4, 0.5) is 0 Å². The van der Waals surface area contributed by atoms with Gasteiger partial charge in [0, 0.05) is 6.08 Å². The number of hydrogen-bond donors (Lipinski definition) is 0. The average molecular weight is 278 g/mol. The van der Waals surface area contributed by atoms with Crippen molar-refractivity contribution in [2.24, 2.45) is 0 Å². The minimum atomic E-state index is -0.232. The highest BCUT2D eigenvalue weighted by Gasteiger charge is 1.98. The standard InChI is InChI=1S/C18H30O2/c1-7-20-18(19)13-16(5)10-8-9-15(4)11-12-17(6)14(2)3/h9,13H,7-8,10-12H2,1-6H3/b15-9+,16-13+. The fourth-order valence-corrected chi connectivity index (χ4v) is 1.74. The van der Waals surface area contributed by atoms with Gasteiger partial charge in [0.05, 0.1) is 6.61 Å². The summed E-state index contributed by atoms with van der Waals surface area (Å²) in [5.74, 6) is -0.232. The molecule has 0 bridgehead atoms. The van der Waals surface area contributed by atoms with E-state index in [1.54, 1.807) is 6.08 Å². The Morgan fingerprint density at radius 2 is 1.60 bits per heavy atom. The zero-order valence-corrected chi connectivity index (χ0v) is 14.0. The topological polar surface area (TPSA) is 26.3 Å². The lowest BCUT2D eigenvalue weighted by Gasteiger charge is -2.05. The Labute approximate surface area is 124 Å². The summed E-state index contributed by atoms with van der Waals surface area (Å²) in [6.07, 6.45) is 8.04. The van der Waals surface area contributed by atoms with Crippen LogP contribution in [0.5, 0.6) is 0 Å². The molecular formula is C18H30O2. The number of rotatable bonds is 8. The molecule has 0 saturated carbocycles. The molecule has 0 aromatic rings. The Morgan fingerprint density at radius 3 is 2.15 bits per heavy atom. The molecular weight excluding hydrogens is 248 g/mol. The van der Waals surface area contributed by atoms with Crippen molar-refractivity contribution < 1.29 is 9.53 Å². The molecule has 2 nitrogen and oxygen atoms in total. The number of esters is 1. The van der Waals surface area contributed by atoms with Crippen molar-refractivity contribution in [3.05, 3.63) is 34.4 Å². The van der Waals surface area contributed by atoms with Gasteiger partial charge >= 0.3 is 5.97 Å². The van der Waals surface area contributed by atoms with E-state index in [0.717, 1.165) is 31.3 Å². The molecule has 0 spiro atoms. The molecule has 0 aromatic heterocycles. The van der Waals surface area contributed by atoms with Crippen molar-refractivity contribution in [2.75, 3.05) is 6.61 Å². The van der Waals surface area contributed by atoms with E-state index < -0.39 is 0 Å². The van der Waals surface area contributed by atoms with Gasteiger partial charge in [0.15, 0.2) is 0 Å². The molecule has 0 atom stereocenters. The van der Waals surface area contributed by atoms with Crippen LogP contribution in [0.2, 0.25) is 0 Å². The highest BCUT2D eigenvalue weighted by molar-refractivity contribution is 5.82. The van der Waals surface area contributed by atoms with Crippen molar-refractivity contribution >= 4 is 5.97 Å². The lowest BCUT2D eigenvalue weighted by molar-refractivity contribution is -0.137. The van der Waals surface area contributed by atoms with Crippen LogP contribution < -0.4 is 0 Å². The number of hydrogen-bond acceptors (Lipinski definition) is 2. The Kier molecular flexibility index (Phi) is 9.79. The highest BCUT2D eigenvalue weighted by atomic mass is 16.5. The van der Waals surface area contributed by atoms with Crippen LogP contribution in [0.1, 0.15) is 67.2 Å². The fourth-order valence-electron chi connectivity index (χ4n) is 1.74. The molecule has 0 radical (unpaired) electrons. The lowest BCUT2D eigenvalue weighted by atomic mass is 10.0. The molecule has 0 aliphatic heterocycles. The summed E-state index contributed by atoms with van der Waals surface area (Å²) in [6, 6.07) is 0. The van der Waals surface area contributed by atoms with E-state index in [-0.39, 0.29) is 5.97 Å². The molecule has 0 aliphatic rings. The van der Waals surface area contributed by atoms with Gasteiger partial charge in [0.25, 0.3) is 0 Å². The Bertz CT molecular complexity index is 394. The van der Waals surface area contributed by atoms with E-state index in [9.17, 15) is 4.79 Å². The van der Waals surface area contributed by atoms with Crippen molar-refractivity contribution in [2.45, 2.75) is 67.2 Å². The zero-order chi connectivity index (χ0) is 15.5. The second kappa shape index (κ2) is 10.5. The van der Waals surface area contributed by atoms with Gasteiger partial charge in [0.1, 0.15) is 0 Å². The first kappa shape index (κ1) is 18.7. The van der Waals surface area contributed by atoms with E-state index in [2.05, 4.69) is 33.8 Å². The summed E-state index contributed by atoms with van der Waals surface area (Å²) < 4.78 is 4.89. The molecule has 0 N–H and O–H groups in total. The molecule has 0 aliphatic carbocycles. The largest absolute Gasteiger partial charge is 0.463 e. The molecule has 0 fully saturated rings. The van der Waals surface area contributed by atoms with Gasteiger partial charge in [0.2, 0.25) is 0 Å². The smallest absolute Gasteiger partial charge is 0.330 e. The van der Waals surface area contributed by atoms with E-state index >= 15 is 0 Å². The Morgan fingerprint density at radius 1 is 0.950 bits per heavy atom. The maximum absolute atomic E-state index is 11.3. The summed E-state index contributed by atoms with van der Waals surface area (Å²) in [5.41, 5.74) is 5.41. The van der Waals surface area contributed by atoms with Crippen LogP contribution in [0.25, 0.3) is 0 Å². The van der Waals surface area contributed by atoms with Crippen molar-refractivity contribution in [3.8, 4) is 0 Å². The summed E-state index contributed by atoms with van der Waals surface area (Å²) in [6.45, 7) is 13.0. The molecule has 2 heteroatoms. The van der Waals surface area contributed by atoms with Crippen molar-refractivity contribution in [1.82, 2.24) is 0 Å². The Balaban J connectivity index is 4.11. The van der Waals surface area contributed by atoms with E-state index in [1.165, 1.54) is 16.7 Å². The monoisotopic (exact) mass is 278 g/mol. The molecule has 0 saturated heterocycles. The maximum atomic E-state index is 11.3. The van der Waals surface area contributed by atoms with Crippen LogP contribution in [-0.2, 0) is 9.53 Å². The van der Waals surface area contributed by atoms with Gasteiger partial charge < -0.3 is 4.74 Å². The normalized spacial score (nSPS) is 12.3. The molecule has 0 amide bonds. The first-order valence-electron chi connectivity index (χ1n) is 7.49. The zero-order valence-electron chi connectivity index (χ0n) is 14.0. The van der Waals surface area contributed by atoms with Crippen molar-refractivity contribution in [3.63, 3.8) is 0 Å². The third kappa shape index (κ3) is 9.60. The van der Waals surface area contributed by atoms with Gasteiger partial charge in [-0.2, -0.15) is 0 Å². The minimum Gasteiger partial charge on any atom is -0.463 e. The van der Waals surface area contributed by atoms with Crippen LogP contribution in [-0.4, -0.2) is 12.6 Å². The summed E-state index contributed by atoms with van der Waals surface area (Å²) in [4.78, 5) is 11.3. The quantitative estimate of drug-likeness (QED) is 0.339. The van der Waals surface area contributed by atoms with Crippen molar-refractivity contribution in [1.29, 1.82) is 0 Å². The van der Waals surface area contributed by atoms with Gasteiger partial charge in [-0.25, -0.2) is 4.79 Å². The minimum absolute atomic E-state index is 0.232. The summed E-state index contributed by atoms with van der Waals surface area (Å²) in [7, 11) is 0. The second-order valence-electron chi connectivity index (χ2n) is 5.61. The van der Waals surface area contributed by atoms with Gasteiger partial charge in [-0.3, -0.25) is 0 Å².